The first kappa shape index (κ1) is 22.6. The number of nitrogens with zero attached hydrogens (tertiary/aromatic N) is 3. The zero-order valence-electron chi connectivity index (χ0n) is 18.3. The number of fused-ring (bicyclic) bond motifs is 1. The van der Waals surface area contributed by atoms with Crippen molar-refractivity contribution < 1.29 is 33.4 Å². The van der Waals surface area contributed by atoms with Crippen LogP contribution >= 0.6 is 7.67 Å². The van der Waals surface area contributed by atoms with Crippen LogP contribution in [-0.4, -0.2) is 65.1 Å². The van der Waals surface area contributed by atoms with Gasteiger partial charge in [-0.3, -0.25) is 24.0 Å². The van der Waals surface area contributed by atoms with Crippen LogP contribution < -0.4 is 14.8 Å². The summed E-state index contributed by atoms with van der Waals surface area (Å²) in [6.07, 6.45) is -0.211. The van der Waals surface area contributed by atoms with Crippen LogP contribution in [0.3, 0.4) is 0 Å². The first-order valence-corrected chi connectivity index (χ1v) is 12.3. The second-order valence-electron chi connectivity index (χ2n) is 8.08. The molecule has 2 N–H and O–H groups in total. The Bertz CT molecular complexity index is 1200. The summed E-state index contributed by atoms with van der Waals surface area (Å²) in [4.78, 5) is 23.1. The lowest BCUT2D eigenvalue weighted by Gasteiger charge is -2.30. The standard InChI is InChI=1S/C21H23N4O8P/c1-22-21(27)13-3-2-4-17(20(13)26)32-19-11-14-16(5-10-31-18(14)12-15(19)25(28)29)33-34(30,23-6-7-23)24-8-9-24/h2-4,11-12,16,26H,5-10H2,1H3,(H,22,27). The van der Waals surface area contributed by atoms with Gasteiger partial charge in [-0.2, -0.15) is 0 Å². The summed E-state index contributed by atoms with van der Waals surface area (Å²) in [6, 6.07) is 6.93. The lowest BCUT2D eigenvalue weighted by atomic mass is 10.0. The van der Waals surface area contributed by atoms with Gasteiger partial charge in [-0.05, 0) is 18.2 Å². The molecular formula is C21H23N4O8P. The number of hydrogen-bond donors (Lipinski definition) is 2. The van der Waals surface area contributed by atoms with Crippen LogP contribution in [0, 0.1) is 10.1 Å². The van der Waals surface area contributed by atoms with E-state index < -0.39 is 30.4 Å². The largest absolute Gasteiger partial charge is 0.504 e. The highest BCUT2D eigenvalue weighted by atomic mass is 31.2. The Labute approximate surface area is 194 Å². The minimum absolute atomic E-state index is 0.0388. The van der Waals surface area contributed by atoms with Crippen molar-refractivity contribution in [3.63, 3.8) is 0 Å². The third-order valence-electron chi connectivity index (χ3n) is 5.79. The van der Waals surface area contributed by atoms with Crippen LogP contribution in [0.5, 0.6) is 23.0 Å². The molecular weight excluding hydrogens is 467 g/mol. The highest BCUT2D eigenvalue weighted by Gasteiger charge is 2.51. The first-order chi connectivity index (χ1) is 16.3. The van der Waals surface area contributed by atoms with Crippen LogP contribution in [0.1, 0.15) is 28.4 Å². The molecule has 0 aliphatic carbocycles. The highest BCUT2D eigenvalue weighted by Crippen LogP contribution is 2.64. The van der Waals surface area contributed by atoms with E-state index in [1.165, 1.54) is 37.4 Å². The number of para-hydroxylation sites is 1. The number of benzene rings is 2. The van der Waals surface area contributed by atoms with Gasteiger partial charge in [-0.15, -0.1) is 0 Å². The Balaban J connectivity index is 1.51. The predicted molar refractivity (Wildman–Crippen MR) is 119 cm³/mol. The molecule has 1 amide bonds. The average molecular weight is 490 g/mol. The molecule has 0 saturated carbocycles. The maximum Gasteiger partial charge on any atom is 0.346 e. The van der Waals surface area contributed by atoms with Crippen molar-refractivity contribution in [2.24, 2.45) is 0 Å². The van der Waals surface area contributed by atoms with Crippen molar-refractivity contribution in [1.82, 2.24) is 14.7 Å². The van der Waals surface area contributed by atoms with E-state index >= 15 is 0 Å². The van der Waals surface area contributed by atoms with E-state index in [0.29, 0.717) is 38.2 Å². The molecule has 34 heavy (non-hydrogen) atoms. The van der Waals surface area contributed by atoms with Gasteiger partial charge in [0.25, 0.3) is 5.91 Å². The zero-order chi connectivity index (χ0) is 24.0. The fourth-order valence-electron chi connectivity index (χ4n) is 3.82. The molecule has 3 aliphatic heterocycles. The molecule has 3 aliphatic rings. The van der Waals surface area contributed by atoms with Crippen molar-refractivity contribution in [2.45, 2.75) is 12.5 Å². The van der Waals surface area contributed by atoms with Gasteiger partial charge in [-0.25, -0.2) is 9.34 Å². The molecule has 2 saturated heterocycles. The molecule has 180 valence electrons. The summed E-state index contributed by atoms with van der Waals surface area (Å²) in [5.74, 6) is -1.03. The van der Waals surface area contributed by atoms with Crippen LogP contribution in [0.4, 0.5) is 5.69 Å². The number of amides is 1. The van der Waals surface area contributed by atoms with Gasteiger partial charge in [0.1, 0.15) is 5.75 Å². The minimum atomic E-state index is -3.15. The number of hydrogen-bond acceptors (Lipinski definition) is 8. The summed E-state index contributed by atoms with van der Waals surface area (Å²) in [7, 11) is -1.74. The highest BCUT2D eigenvalue weighted by molar-refractivity contribution is 7.54. The van der Waals surface area contributed by atoms with E-state index in [1.807, 2.05) is 0 Å². The van der Waals surface area contributed by atoms with Crippen molar-refractivity contribution in [2.75, 3.05) is 39.8 Å². The second kappa shape index (κ2) is 8.55. The molecule has 2 aromatic rings. The Morgan fingerprint density at radius 1 is 1.24 bits per heavy atom. The van der Waals surface area contributed by atoms with Gasteiger partial charge in [0, 0.05) is 45.2 Å². The van der Waals surface area contributed by atoms with Crippen LogP contribution in [0.2, 0.25) is 0 Å². The molecule has 0 bridgehead atoms. The smallest absolute Gasteiger partial charge is 0.346 e. The number of rotatable bonds is 8. The molecule has 0 radical (unpaired) electrons. The number of carbonyl (C=O) groups excluding carboxylic acids is 1. The van der Waals surface area contributed by atoms with Gasteiger partial charge in [0.2, 0.25) is 5.75 Å². The quantitative estimate of drug-likeness (QED) is 0.245. The average Bonchev–Trinajstić information content (AvgIpc) is 3.71. The number of nitro benzene ring substituents is 1. The lowest BCUT2D eigenvalue weighted by molar-refractivity contribution is -0.385. The number of aromatic hydroxyl groups is 1. The summed E-state index contributed by atoms with van der Waals surface area (Å²) in [5, 5.41) is 24.7. The topological polar surface area (TPSA) is 143 Å². The van der Waals surface area contributed by atoms with Crippen molar-refractivity contribution in [3.8, 4) is 23.0 Å². The monoisotopic (exact) mass is 490 g/mol. The van der Waals surface area contributed by atoms with Gasteiger partial charge in [-0.1, -0.05) is 6.07 Å². The predicted octanol–water partition coefficient (Wildman–Crippen LogP) is 3.03. The van der Waals surface area contributed by atoms with E-state index in [4.69, 9.17) is 14.0 Å². The maximum atomic E-state index is 13.5. The third kappa shape index (κ3) is 4.09. The summed E-state index contributed by atoms with van der Waals surface area (Å²) < 4.78 is 34.6. The molecule has 2 aromatic carbocycles. The number of phenols is 1. The van der Waals surface area contributed by atoms with Gasteiger partial charge in [0.15, 0.2) is 11.5 Å². The molecule has 1 atom stereocenters. The lowest BCUT2D eigenvalue weighted by Crippen LogP contribution is -2.19. The molecule has 5 rings (SSSR count). The van der Waals surface area contributed by atoms with Gasteiger partial charge in [0.05, 0.1) is 29.3 Å². The second-order valence-corrected chi connectivity index (χ2v) is 10.4. The molecule has 0 spiro atoms. The van der Waals surface area contributed by atoms with E-state index in [2.05, 4.69) is 5.32 Å². The van der Waals surface area contributed by atoms with E-state index in [9.17, 15) is 24.6 Å². The molecule has 1 unspecified atom stereocenters. The number of nitrogens with one attached hydrogen (secondary N) is 1. The number of carbonyl (C=O) groups is 1. The fourth-order valence-corrected chi connectivity index (χ4v) is 6.19. The van der Waals surface area contributed by atoms with Crippen molar-refractivity contribution >= 4 is 19.3 Å². The number of ether oxygens (including phenoxy) is 2. The van der Waals surface area contributed by atoms with Crippen molar-refractivity contribution in [3.05, 3.63) is 51.6 Å². The van der Waals surface area contributed by atoms with Crippen LogP contribution in [0.15, 0.2) is 30.3 Å². The van der Waals surface area contributed by atoms with E-state index in [0.717, 1.165) is 0 Å². The van der Waals surface area contributed by atoms with E-state index in [1.54, 1.807) is 9.34 Å². The zero-order valence-corrected chi connectivity index (χ0v) is 19.2. The minimum Gasteiger partial charge on any atom is -0.504 e. The summed E-state index contributed by atoms with van der Waals surface area (Å²) in [6.45, 7) is 3.03. The number of phenolic OH excluding ortho intramolecular Hbond substituents is 1. The molecule has 13 heteroatoms. The molecule has 0 aromatic heterocycles. The Morgan fingerprint density at radius 2 is 1.94 bits per heavy atom. The van der Waals surface area contributed by atoms with Crippen molar-refractivity contribution in [1.29, 1.82) is 0 Å². The summed E-state index contributed by atoms with van der Waals surface area (Å²) in [5.41, 5.74) is 0.0463. The SMILES string of the molecule is CNC(=O)c1cccc(Oc2cc3c(cc2[N+](=O)[O-])OCCC3OP(=O)(N2CC2)N2CC2)c1O. The van der Waals surface area contributed by atoms with Crippen LogP contribution in [0.25, 0.3) is 0 Å². The molecule has 12 nitrogen and oxygen atoms in total. The van der Waals surface area contributed by atoms with Crippen LogP contribution in [-0.2, 0) is 9.09 Å². The maximum absolute atomic E-state index is 13.5. The number of nitro groups is 1. The fraction of sp³-hybridized carbons (Fsp3) is 0.381. The molecule has 3 heterocycles. The Morgan fingerprint density at radius 3 is 2.56 bits per heavy atom. The van der Waals surface area contributed by atoms with Gasteiger partial charge < -0.3 is 19.9 Å². The normalized spacial score (nSPS) is 19.6. The van der Waals surface area contributed by atoms with E-state index in [-0.39, 0.29) is 35.1 Å². The molecule has 2 fully saturated rings. The first-order valence-electron chi connectivity index (χ1n) is 10.8. The van der Waals surface area contributed by atoms with Gasteiger partial charge >= 0.3 is 13.4 Å². The third-order valence-corrected chi connectivity index (χ3v) is 8.55. The Kier molecular flexibility index (Phi) is 5.68. The Hall–Kier alpha value is -3.18. The summed E-state index contributed by atoms with van der Waals surface area (Å²) >= 11 is 0.